The first-order valence-electron chi connectivity index (χ1n) is 8.33. The van der Waals surface area contributed by atoms with Crippen molar-refractivity contribution in [3.63, 3.8) is 0 Å². The number of carbonyl (C=O) groups excluding carboxylic acids is 1. The molecule has 0 bridgehead atoms. The highest BCUT2D eigenvalue weighted by atomic mass is 32.2. The molecule has 0 radical (unpaired) electrons. The second-order valence-corrected chi connectivity index (χ2v) is 8.01. The van der Waals surface area contributed by atoms with Gasteiger partial charge >= 0.3 is 0 Å². The monoisotopic (exact) mass is 366 g/mol. The minimum atomic E-state index is 0.161. The summed E-state index contributed by atoms with van der Waals surface area (Å²) in [7, 11) is 0. The maximum Gasteiger partial charge on any atom is 0.237 e. The van der Waals surface area contributed by atoms with Crippen LogP contribution in [-0.2, 0) is 11.2 Å². The molecule has 4 rings (SSSR count). The molecule has 0 saturated carbocycles. The number of hydrogen-bond donors (Lipinski definition) is 0. The standard InChI is InChI=1S/C20H18N2OS2/c23-19(22-12-6-10-16-9-4-5-11-18(16)22)14-25-20-21-17(13-24-20)15-7-2-1-3-8-15/h1-5,7-9,11,13H,6,10,12,14H2. The van der Waals surface area contributed by atoms with Gasteiger partial charge < -0.3 is 4.90 Å². The molecule has 2 aromatic carbocycles. The van der Waals surface area contributed by atoms with E-state index in [0.717, 1.165) is 40.7 Å². The predicted molar refractivity (Wildman–Crippen MR) is 105 cm³/mol. The average molecular weight is 367 g/mol. The Bertz CT molecular complexity index is 876. The highest BCUT2D eigenvalue weighted by Crippen LogP contribution is 2.30. The molecular weight excluding hydrogens is 348 g/mol. The Hall–Kier alpha value is -2.11. The molecule has 25 heavy (non-hydrogen) atoms. The summed E-state index contributed by atoms with van der Waals surface area (Å²) < 4.78 is 0.942. The van der Waals surface area contributed by atoms with Gasteiger partial charge in [0, 0.05) is 23.2 Å². The summed E-state index contributed by atoms with van der Waals surface area (Å²) in [6.07, 6.45) is 2.09. The molecule has 0 saturated heterocycles. The maximum atomic E-state index is 12.7. The number of aromatic nitrogens is 1. The van der Waals surface area contributed by atoms with Crippen LogP contribution in [0.25, 0.3) is 11.3 Å². The van der Waals surface area contributed by atoms with Crippen LogP contribution in [0.1, 0.15) is 12.0 Å². The number of benzene rings is 2. The molecule has 2 heterocycles. The fourth-order valence-corrected chi connectivity index (χ4v) is 4.77. The fraction of sp³-hybridized carbons (Fsp3) is 0.200. The van der Waals surface area contributed by atoms with Crippen LogP contribution in [0.4, 0.5) is 5.69 Å². The molecule has 1 aliphatic heterocycles. The third kappa shape index (κ3) is 3.62. The Morgan fingerprint density at radius 1 is 1.12 bits per heavy atom. The molecule has 5 heteroatoms. The van der Waals surface area contributed by atoms with Crippen LogP contribution in [0.5, 0.6) is 0 Å². The zero-order chi connectivity index (χ0) is 17.1. The van der Waals surface area contributed by atoms with Crippen molar-refractivity contribution in [2.24, 2.45) is 0 Å². The number of nitrogens with zero attached hydrogens (tertiary/aromatic N) is 2. The molecule has 3 aromatic rings. The molecule has 3 nitrogen and oxygen atoms in total. The van der Waals surface area contributed by atoms with Crippen LogP contribution < -0.4 is 4.90 Å². The van der Waals surface area contributed by atoms with Gasteiger partial charge in [-0.15, -0.1) is 11.3 Å². The maximum absolute atomic E-state index is 12.7. The summed E-state index contributed by atoms with van der Waals surface area (Å²) in [5.41, 5.74) is 4.43. The van der Waals surface area contributed by atoms with Crippen LogP contribution in [0, 0.1) is 0 Å². The van der Waals surface area contributed by atoms with Gasteiger partial charge in [0.25, 0.3) is 0 Å². The quantitative estimate of drug-likeness (QED) is 0.617. The van der Waals surface area contributed by atoms with Crippen molar-refractivity contribution < 1.29 is 4.79 Å². The van der Waals surface area contributed by atoms with Gasteiger partial charge in [-0.3, -0.25) is 4.79 Å². The summed E-state index contributed by atoms with van der Waals surface area (Å²) in [6, 6.07) is 18.4. The Kier molecular flexibility index (Phi) is 4.85. The van der Waals surface area contributed by atoms with E-state index in [9.17, 15) is 4.79 Å². The van der Waals surface area contributed by atoms with Gasteiger partial charge in [-0.1, -0.05) is 60.3 Å². The largest absolute Gasteiger partial charge is 0.311 e. The van der Waals surface area contributed by atoms with Crippen LogP contribution >= 0.6 is 23.1 Å². The van der Waals surface area contributed by atoms with E-state index in [0.29, 0.717) is 5.75 Å². The van der Waals surface area contributed by atoms with E-state index < -0.39 is 0 Å². The first-order chi connectivity index (χ1) is 12.3. The molecule has 1 aliphatic rings. The number of thioether (sulfide) groups is 1. The van der Waals surface area contributed by atoms with Crippen molar-refractivity contribution in [3.8, 4) is 11.3 Å². The van der Waals surface area contributed by atoms with Crippen molar-refractivity contribution in [1.29, 1.82) is 0 Å². The molecule has 0 aliphatic carbocycles. The van der Waals surface area contributed by atoms with E-state index in [1.807, 2.05) is 41.3 Å². The summed E-state index contributed by atoms with van der Waals surface area (Å²) in [4.78, 5) is 19.3. The van der Waals surface area contributed by atoms with Gasteiger partial charge in [-0.2, -0.15) is 0 Å². The summed E-state index contributed by atoms with van der Waals surface area (Å²) in [5.74, 6) is 0.587. The Labute approximate surface area is 155 Å². The highest BCUT2D eigenvalue weighted by molar-refractivity contribution is 8.01. The normalized spacial score (nSPS) is 13.5. The van der Waals surface area contributed by atoms with Crippen molar-refractivity contribution in [1.82, 2.24) is 4.98 Å². The first kappa shape index (κ1) is 16.4. The summed E-state index contributed by atoms with van der Waals surface area (Å²) >= 11 is 3.13. The smallest absolute Gasteiger partial charge is 0.237 e. The van der Waals surface area contributed by atoms with Crippen molar-refractivity contribution in [2.75, 3.05) is 17.2 Å². The zero-order valence-electron chi connectivity index (χ0n) is 13.7. The highest BCUT2D eigenvalue weighted by Gasteiger charge is 2.22. The van der Waals surface area contributed by atoms with Crippen LogP contribution in [-0.4, -0.2) is 23.2 Å². The van der Waals surface area contributed by atoms with E-state index in [2.05, 4.69) is 28.6 Å². The van der Waals surface area contributed by atoms with Gasteiger partial charge in [0.1, 0.15) is 0 Å². The number of carbonyl (C=O) groups is 1. The SMILES string of the molecule is O=C(CSc1nc(-c2ccccc2)cs1)N1CCCc2ccccc21. The number of aryl methyl sites for hydroxylation is 1. The van der Waals surface area contributed by atoms with Gasteiger partial charge in [0.05, 0.1) is 11.4 Å². The number of amides is 1. The lowest BCUT2D eigenvalue weighted by Crippen LogP contribution is -2.36. The van der Waals surface area contributed by atoms with E-state index in [4.69, 9.17) is 0 Å². The average Bonchev–Trinajstić information content (AvgIpc) is 3.15. The zero-order valence-corrected chi connectivity index (χ0v) is 15.4. The topological polar surface area (TPSA) is 33.2 Å². The van der Waals surface area contributed by atoms with E-state index in [-0.39, 0.29) is 5.91 Å². The Morgan fingerprint density at radius 2 is 1.92 bits per heavy atom. The van der Waals surface area contributed by atoms with Gasteiger partial charge in [-0.25, -0.2) is 4.98 Å². The molecule has 0 spiro atoms. The van der Waals surface area contributed by atoms with Crippen LogP contribution in [0.3, 0.4) is 0 Å². The summed E-state index contributed by atoms with van der Waals surface area (Å²) in [6.45, 7) is 0.809. The van der Waals surface area contributed by atoms with E-state index in [1.54, 1.807) is 11.3 Å². The molecule has 1 amide bonds. The van der Waals surface area contributed by atoms with Crippen LogP contribution in [0.15, 0.2) is 64.3 Å². The number of fused-ring (bicyclic) bond motifs is 1. The Balaban J connectivity index is 1.42. The second-order valence-electron chi connectivity index (χ2n) is 5.93. The lowest BCUT2D eigenvalue weighted by molar-refractivity contribution is -0.116. The van der Waals surface area contributed by atoms with Crippen molar-refractivity contribution >= 4 is 34.7 Å². The van der Waals surface area contributed by atoms with Crippen molar-refractivity contribution in [3.05, 3.63) is 65.5 Å². The molecule has 126 valence electrons. The van der Waals surface area contributed by atoms with E-state index >= 15 is 0 Å². The Morgan fingerprint density at radius 3 is 2.80 bits per heavy atom. The number of anilines is 1. The molecule has 0 atom stereocenters. The second kappa shape index (κ2) is 7.42. The minimum Gasteiger partial charge on any atom is -0.311 e. The molecular formula is C20H18N2OS2. The lowest BCUT2D eigenvalue weighted by atomic mass is 10.0. The number of hydrogen-bond acceptors (Lipinski definition) is 4. The fourth-order valence-electron chi connectivity index (χ4n) is 3.06. The molecule has 1 aromatic heterocycles. The number of rotatable bonds is 4. The minimum absolute atomic E-state index is 0.161. The number of para-hydroxylation sites is 1. The summed E-state index contributed by atoms with van der Waals surface area (Å²) in [5, 5.41) is 2.05. The predicted octanol–water partition coefficient (Wildman–Crippen LogP) is 4.88. The van der Waals surface area contributed by atoms with Gasteiger partial charge in [0.2, 0.25) is 5.91 Å². The third-order valence-corrected chi connectivity index (χ3v) is 6.29. The molecule has 0 fully saturated rings. The third-order valence-electron chi connectivity index (χ3n) is 4.28. The van der Waals surface area contributed by atoms with Crippen molar-refractivity contribution in [2.45, 2.75) is 17.2 Å². The molecule has 0 N–H and O–H groups in total. The lowest BCUT2D eigenvalue weighted by Gasteiger charge is -2.29. The van der Waals surface area contributed by atoms with Gasteiger partial charge in [0.15, 0.2) is 4.34 Å². The van der Waals surface area contributed by atoms with Gasteiger partial charge in [-0.05, 0) is 24.5 Å². The first-order valence-corrected chi connectivity index (χ1v) is 10.2. The molecule has 0 unspecified atom stereocenters. The number of thiazole rings is 1. The van der Waals surface area contributed by atoms with Crippen LogP contribution in [0.2, 0.25) is 0 Å². The van der Waals surface area contributed by atoms with E-state index in [1.165, 1.54) is 17.3 Å².